The van der Waals surface area contributed by atoms with Gasteiger partial charge in [-0.2, -0.15) is 13.2 Å². The van der Waals surface area contributed by atoms with E-state index < -0.39 is 41.0 Å². The van der Waals surface area contributed by atoms with Gasteiger partial charge < -0.3 is 9.72 Å². The minimum Gasteiger partial charge on any atom is -0.406 e. The third kappa shape index (κ3) is 2.88. The lowest BCUT2D eigenvalue weighted by Crippen LogP contribution is -2.17. The van der Waals surface area contributed by atoms with Gasteiger partial charge >= 0.3 is 12.5 Å². The molecule has 2 aromatic rings. The number of fused-ring (bicyclic) bond motifs is 1. The molecule has 0 aliphatic heterocycles. The summed E-state index contributed by atoms with van der Waals surface area (Å²) in [6.07, 6.45) is -9.94. The molecule has 0 spiro atoms. The van der Waals surface area contributed by atoms with Crippen LogP contribution >= 0.6 is 0 Å². The van der Waals surface area contributed by atoms with Crippen LogP contribution < -0.4 is 4.74 Å². The van der Waals surface area contributed by atoms with Crippen LogP contribution in [0.4, 0.5) is 30.7 Å². The molecule has 0 unspecified atom stereocenters. The van der Waals surface area contributed by atoms with Gasteiger partial charge in [0.15, 0.2) is 5.82 Å². The molecular weight excluding hydrogens is 285 g/mol. The van der Waals surface area contributed by atoms with Crippen molar-refractivity contribution in [3.05, 3.63) is 23.8 Å². The van der Waals surface area contributed by atoms with Gasteiger partial charge in [-0.25, -0.2) is 9.37 Å². The lowest BCUT2D eigenvalue weighted by atomic mass is 10.3. The molecule has 0 aliphatic carbocycles. The number of rotatable bonds is 1. The zero-order valence-corrected chi connectivity index (χ0v) is 8.66. The number of hydrogen-bond donors (Lipinski definition) is 1. The summed E-state index contributed by atoms with van der Waals surface area (Å²) in [5.74, 6) is -3.84. The van der Waals surface area contributed by atoms with Crippen LogP contribution in [-0.2, 0) is 6.18 Å². The maximum Gasteiger partial charge on any atom is 0.573 e. The molecule has 1 N–H and O–H groups in total. The van der Waals surface area contributed by atoms with Crippen molar-refractivity contribution >= 4 is 11.0 Å². The zero-order chi connectivity index (χ0) is 14.4. The second kappa shape index (κ2) is 4.00. The fourth-order valence-corrected chi connectivity index (χ4v) is 1.38. The Balaban J connectivity index is 2.51. The van der Waals surface area contributed by atoms with Crippen molar-refractivity contribution in [1.29, 1.82) is 0 Å². The number of H-pyrrole nitrogens is 1. The van der Waals surface area contributed by atoms with E-state index in [1.807, 2.05) is 0 Å². The smallest absolute Gasteiger partial charge is 0.406 e. The fraction of sp³-hybridized carbons (Fsp3) is 0.222. The summed E-state index contributed by atoms with van der Waals surface area (Å²) in [6, 6.07) is 0.880. The SMILES string of the molecule is Fc1cc(OC(F)(F)F)cc2[nH]c(C(F)(F)F)nc12. The number of imidazole rings is 1. The van der Waals surface area contributed by atoms with E-state index in [1.165, 1.54) is 0 Å². The highest BCUT2D eigenvalue weighted by Gasteiger charge is 2.36. The number of aromatic amines is 1. The van der Waals surface area contributed by atoms with Crippen LogP contribution in [0.3, 0.4) is 0 Å². The van der Waals surface area contributed by atoms with Crippen LogP contribution in [0.15, 0.2) is 12.1 Å². The van der Waals surface area contributed by atoms with Crippen molar-refractivity contribution in [1.82, 2.24) is 9.97 Å². The molecule has 0 fully saturated rings. The third-order valence-corrected chi connectivity index (χ3v) is 2.02. The first kappa shape index (κ1) is 13.4. The molecule has 1 aromatic heterocycles. The first-order valence-corrected chi connectivity index (χ1v) is 4.58. The Morgan fingerprint density at radius 1 is 1.05 bits per heavy atom. The number of ether oxygens (including phenoxy) is 1. The highest BCUT2D eigenvalue weighted by molar-refractivity contribution is 5.77. The predicted octanol–water partition coefficient (Wildman–Crippen LogP) is 3.62. The topological polar surface area (TPSA) is 37.9 Å². The molecule has 1 heterocycles. The molecule has 0 amide bonds. The number of aromatic nitrogens is 2. The summed E-state index contributed by atoms with van der Waals surface area (Å²) in [6.45, 7) is 0. The van der Waals surface area contributed by atoms with Gasteiger partial charge in [0, 0.05) is 12.1 Å². The van der Waals surface area contributed by atoms with Crippen LogP contribution in [0.2, 0.25) is 0 Å². The van der Waals surface area contributed by atoms with Gasteiger partial charge in [-0.15, -0.1) is 13.2 Å². The molecule has 2 rings (SSSR count). The van der Waals surface area contributed by atoms with E-state index in [9.17, 15) is 30.7 Å². The van der Waals surface area contributed by atoms with Crippen molar-refractivity contribution in [3.63, 3.8) is 0 Å². The Hall–Kier alpha value is -2.00. The maximum absolute atomic E-state index is 13.3. The van der Waals surface area contributed by atoms with E-state index in [0.717, 1.165) is 0 Å². The van der Waals surface area contributed by atoms with E-state index >= 15 is 0 Å². The van der Waals surface area contributed by atoms with E-state index in [0.29, 0.717) is 12.1 Å². The summed E-state index contributed by atoms with van der Waals surface area (Å²) < 4.78 is 89.4. The minimum atomic E-state index is -5.08. The van der Waals surface area contributed by atoms with Crippen LogP contribution in [0, 0.1) is 5.82 Å². The lowest BCUT2D eigenvalue weighted by Gasteiger charge is -2.08. The summed E-state index contributed by atoms with van der Waals surface area (Å²) in [7, 11) is 0. The summed E-state index contributed by atoms with van der Waals surface area (Å²) >= 11 is 0. The molecule has 0 radical (unpaired) electrons. The van der Waals surface area contributed by atoms with E-state index in [4.69, 9.17) is 0 Å². The van der Waals surface area contributed by atoms with Crippen molar-refractivity contribution in [3.8, 4) is 5.75 Å². The standard InChI is InChI=1S/C9H3F7N2O/c10-4-1-3(19-9(14,15)16)2-5-6(4)18-7(17-5)8(11,12)13/h1-2H,(H,17,18). The van der Waals surface area contributed by atoms with E-state index in [1.54, 1.807) is 4.98 Å². The molecule has 104 valence electrons. The average Bonchev–Trinajstić information content (AvgIpc) is 2.58. The maximum atomic E-state index is 13.3. The fourth-order valence-electron chi connectivity index (χ4n) is 1.38. The number of alkyl halides is 6. The summed E-state index contributed by atoms with van der Waals surface area (Å²) in [5.41, 5.74) is -1.27. The molecule has 1 aromatic carbocycles. The lowest BCUT2D eigenvalue weighted by molar-refractivity contribution is -0.274. The highest BCUT2D eigenvalue weighted by Crippen LogP contribution is 2.32. The number of nitrogens with zero attached hydrogens (tertiary/aromatic N) is 1. The van der Waals surface area contributed by atoms with Crippen LogP contribution in [0.25, 0.3) is 11.0 Å². The van der Waals surface area contributed by atoms with E-state index in [-0.39, 0.29) is 0 Å². The summed E-state index contributed by atoms with van der Waals surface area (Å²) in [5, 5.41) is 0. The first-order valence-electron chi connectivity index (χ1n) is 4.58. The van der Waals surface area contributed by atoms with Crippen molar-refractivity contribution in [2.24, 2.45) is 0 Å². The van der Waals surface area contributed by atoms with Gasteiger partial charge in [-0.3, -0.25) is 0 Å². The van der Waals surface area contributed by atoms with Crippen LogP contribution in [0.1, 0.15) is 5.82 Å². The van der Waals surface area contributed by atoms with Gasteiger partial charge in [-0.05, 0) is 0 Å². The zero-order valence-electron chi connectivity index (χ0n) is 8.66. The first-order chi connectivity index (χ1) is 8.56. The summed E-state index contributed by atoms with van der Waals surface area (Å²) in [4.78, 5) is 4.61. The van der Waals surface area contributed by atoms with Gasteiger partial charge in [0.05, 0.1) is 5.52 Å². The molecule has 0 aliphatic rings. The van der Waals surface area contributed by atoms with Crippen molar-refractivity contribution in [2.45, 2.75) is 12.5 Å². The predicted molar refractivity (Wildman–Crippen MR) is 47.7 cm³/mol. The molecule has 0 saturated carbocycles. The quantitative estimate of drug-likeness (QED) is 0.814. The molecule has 10 heteroatoms. The van der Waals surface area contributed by atoms with E-state index in [2.05, 4.69) is 9.72 Å². The van der Waals surface area contributed by atoms with Crippen LogP contribution in [-0.4, -0.2) is 16.3 Å². The second-order valence-corrected chi connectivity index (χ2v) is 3.43. The van der Waals surface area contributed by atoms with Crippen LogP contribution in [0.5, 0.6) is 5.75 Å². The normalized spacial score (nSPS) is 13.0. The monoisotopic (exact) mass is 288 g/mol. The Bertz CT molecular complexity index is 613. The van der Waals surface area contributed by atoms with Gasteiger partial charge in [0.2, 0.25) is 5.82 Å². The number of hydrogen-bond acceptors (Lipinski definition) is 2. The molecule has 3 nitrogen and oxygen atoms in total. The Morgan fingerprint density at radius 3 is 2.21 bits per heavy atom. The largest absolute Gasteiger partial charge is 0.573 e. The number of halogens is 7. The Kier molecular flexibility index (Phi) is 2.83. The van der Waals surface area contributed by atoms with Crippen molar-refractivity contribution < 1.29 is 35.5 Å². The van der Waals surface area contributed by atoms with Gasteiger partial charge in [0.25, 0.3) is 0 Å². The molecule has 0 saturated heterocycles. The van der Waals surface area contributed by atoms with Gasteiger partial charge in [0.1, 0.15) is 11.3 Å². The Morgan fingerprint density at radius 2 is 1.68 bits per heavy atom. The molecule has 0 atom stereocenters. The molecule has 0 bridgehead atoms. The van der Waals surface area contributed by atoms with Crippen molar-refractivity contribution in [2.75, 3.05) is 0 Å². The second-order valence-electron chi connectivity index (χ2n) is 3.43. The minimum absolute atomic E-state index is 0.302. The number of nitrogens with one attached hydrogen (secondary N) is 1. The van der Waals surface area contributed by atoms with Gasteiger partial charge in [-0.1, -0.05) is 0 Å². The molecule has 19 heavy (non-hydrogen) atoms. The number of benzene rings is 1. The molecular formula is C9H3F7N2O. The highest BCUT2D eigenvalue weighted by atomic mass is 19.4. The Labute approximate surface area is 99.5 Å². The average molecular weight is 288 g/mol. The third-order valence-electron chi connectivity index (χ3n) is 2.02.